The molecule has 0 N–H and O–H groups in total. The first-order valence-corrected chi connectivity index (χ1v) is 7.77. The second kappa shape index (κ2) is 5.50. The maximum absolute atomic E-state index is 6.39. The predicted octanol–water partition coefficient (Wildman–Crippen LogP) is 3.87. The Bertz CT molecular complexity index is 645. The normalized spacial score (nSPS) is 19.6. The van der Waals surface area contributed by atoms with Gasteiger partial charge in [-0.15, -0.1) is 11.6 Å². The molecule has 0 bridgehead atoms. The monoisotopic (exact) mass is 308 g/mol. The van der Waals surface area contributed by atoms with Crippen molar-refractivity contribution in [2.45, 2.75) is 37.6 Å². The zero-order valence-corrected chi connectivity index (χ0v) is 13.5. The molecular weight excluding hydrogens is 288 g/mol. The van der Waals surface area contributed by atoms with E-state index < -0.39 is 0 Å². The summed E-state index contributed by atoms with van der Waals surface area (Å²) in [5.41, 5.74) is 2.05. The van der Waals surface area contributed by atoms with Gasteiger partial charge < -0.3 is 14.0 Å². The minimum absolute atomic E-state index is 0.0000712. The van der Waals surface area contributed by atoms with E-state index in [-0.39, 0.29) is 10.9 Å². The van der Waals surface area contributed by atoms with Crippen molar-refractivity contribution in [2.24, 2.45) is 0 Å². The summed E-state index contributed by atoms with van der Waals surface area (Å²) < 4.78 is 13.1. The van der Waals surface area contributed by atoms with Gasteiger partial charge in [0, 0.05) is 24.8 Å². The lowest BCUT2D eigenvalue weighted by molar-refractivity contribution is 0.0300. The van der Waals surface area contributed by atoms with E-state index in [2.05, 4.69) is 17.6 Å². The Hall–Kier alpha value is -1.26. The summed E-state index contributed by atoms with van der Waals surface area (Å²) in [7, 11) is 1.67. The van der Waals surface area contributed by atoms with Gasteiger partial charge >= 0.3 is 0 Å². The molecule has 0 spiro atoms. The van der Waals surface area contributed by atoms with Gasteiger partial charge in [-0.05, 0) is 38.8 Å². The molecule has 4 nitrogen and oxygen atoms in total. The van der Waals surface area contributed by atoms with E-state index in [9.17, 15) is 0 Å². The highest BCUT2D eigenvalue weighted by atomic mass is 35.5. The fraction of sp³-hybridized carbons (Fsp3) is 0.562. The summed E-state index contributed by atoms with van der Waals surface area (Å²) in [5.74, 6) is 1.74. The number of rotatable bonds is 3. The number of hydrogen-bond acceptors (Lipinski definition) is 3. The molecule has 2 aromatic rings. The lowest BCUT2D eigenvalue weighted by Gasteiger charge is -2.37. The molecule has 1 aliphatic heterocycles. The molecule has 0 aliphatic carbocycles. The first-order valence-electron chi connectivity index (χ1n) is 7.34. The van der Waals surface area contributed by atoms with Crippen LogP contribution in [0, 0.1) is 0 Å². The van der Waals surface area contributed by atoms with E-state index in [1.165, 1.54) is 0 Å². The lowest BCUT2D eigenvalue weighted by Crippen LogP contribution is -2.37. The van der Waals surface area contributed by atoms with Crippen LogP contribution in [0.2, 0.25) is 0 Å². The largest absolute Gasteiger partial charge is 0.497 e. The van der Waals surface area contributed by atoms with Crippen molar-refractivity contribution in [3.8, 4) is 5.75 Å². The van der Waals surface area contributed by atoms with Crippen LogP contribution in [0.5, 0.6) is 5.75 Å². The van der Waals surface area contributed by atoms with E-state index in [1.54, 1.807) is 7.11 Å². The van der Waals surface area contributed by atoms with Crippen molar-refractivity contribution < 1.29 is 9.47 Å². The number of halogens is 1. The lowest BCUT2D eigenvalue weighted by atomic mass is 9.91. The Labute approximate surface area is 130 Å². The standard InChI is InChI=1S/C16H21ClN2O2/c1-11(17)15-18-13-10-12(20-3)4-5-14(13)19(15)16(2)6-8-21-9-7-16/h4-5,10-11H,6-9H2,1-3H3. The Balaban J connectivity index is 2.20. The third-order valence-corrected chi connectivity index (χ3v) is 4.55. The number of ether oxygens (including phenoxy) is 2. The van der Waals surface area contributed by atoms with Crippen molar-refractivity contribution in [3.05, 3.63) is 24.0 Å². The fourth-order valence-corrected chi connectivity index (χ4v) is 3.22. The molecule has 5 heteroatoms. The molecule has 3 rings (SSSR count). The Morgan fingerprint density at radius 2 is 2.10 bits per heavy atom. The number of fused-ring (bicyclic) bond motifs is 1. The molecule has 0 radical (unpaired) electrons. The van der Waals surface area contributed by atoms with Gasteiger partial charge in [0.05, 0.1) is 23.5 Å². The summed E-state index contributed by atoms with van der Waals surface area (Å²) in [6.45, 7) is 5.80. The predicted molar refractivity (Wildman–Crippen MR) is 84.3 cm³/mol. The van der Waals surface area contributed by atoms with Gasteiger partial charge in [0.15, 0.2) is 0 Å². The second-order valence-electron chi connectivity index (χ2n) is 5.89. The first kappa shape index (κ1) is 14.7. The third kappa shape index (κ3) is 2.51. The zero-order valence-electron chi connectivity index (χ0n) is 12.7. The van der Waals surface area contributed by atoms with Crippen molar-refractivity contribution in [1.29, 1.82) is 0 Å². The molecule has 1 fully saturated rings. The fourth-order valence-electron chi connectivity index (χ4n) is 3.07. The third-order valence-electron chi connectivity index (χ3n) is 4.35. The molecule has 1 aromatic heterocycles. The maximum atomic E-state index is 6.39. The molecule has 1 atom stereocenters. The van der Waals surface area contributed by atoms with Gasteiger partial charge in [-0.1, -0.05) is 0 Å². The number of nitrogens with zero attached hydrogens (tertiary/aromatic N) is 2. The van der Waals surface area contributed by atoms with E-state index in [1.807, 2.05) is 19.1 Å². The van der Waals surface area contributed by atoms with E-state index in [0.717, 1.165) is 48.7 Å². The number of aromatic nitrogens is 2. The van der Waals surface area contributed by atoms with Crippen molar-refractivity contribution in [2.75, 3.05) is 20.3 Å². The van der Waals surface area contributed by atoms with E-state index in [4.69, 9.17) is 26.1 Å². The zero-order chi connectivity index (χ0) is 15.0. The van der Waals surface area contributed by atoms with Crippen LogP contribution in [-0.4, -0.2) is 29.9 Å². The molecule has 114 valence electrons. The summed E-state index contributed by atoms with van der Waals surface area (Å²) in [4.78, 5) is 4.75. The topological polar surface area (TPSA) is 36.3 Å². The first-order chi connectivity index (χ1) is 10.0. The van der Waals surface area contributed by atoms with Crippen LogP contribution in [-0.2, 0) is 10.3 Å². The van der Waals surface area contributed by atoms with Crippen LogP contribution >= 0.6 is 11.6 Å². The van der Waals surface area contributed by atoms with Crippen molar-refractivity contribution in [1.82, 2.24) is 9.55 Å². The highest BCUT2D eigenvalue weighted by Crippen LogP contribution is 2.37. The summed E-state index contributed by atoms with van der Waals surface area (Å²) in [6, 6.07) is 6.02. The highest BCUT2D eigenvalue weighted by molar-refractivity contribution is 6.20. The Kier molecular flexibility index (Phi) is 3.84. The summed E-state index contributed by atoms with van der Waals surface area (Å²) in [6.07, 6.45) is 1.95. The van der Waals surface area contributed by atoms with Gasteiger partial charge in [-0.3, -0.25) is 0 Å². The van der Waals surface area contributed by atoms with Crippen LogP contribution in [0.3, 0.4) is 0 Å². The van der Waals surface area contributed by atoms with E-state index in [0.29, 0.717) is 0 Å². The number of benzene rings is 1. The van der Waals surface area contributed by atoms with Gasteiger partial charge in [-0.2, -0.15) is 0 Å². The molecule has 1 aromatic carbocycles. The van der Waals surface area contributed by atoms with Crippen LogP contribution in [0.25, 0.3) is 11.0 Å². The molecule has 1 saturated heterocycles. The molecular formula is C16H21ClN2O2. The summed E-state index contributed by atoms with van der Waals surface area (Å²) >= 11 is 6.39. The van der Waals surface area contributed by atoms with Gasteiger partial charge in [0.2, 0.25) is 0 Å². The molecule has 1 aliphatic rings. The molecule has 21 heavy (non-hydrogen) atoms. The van der Waals surface area contributed by atoms with Crippen molar-refractivity contribution in [3.63, 3.8) is 0 Å². The Morgan fingerprint density at radius 1 is 1.38 bits per heavy atom. The Morgan fingerprint density at radius 3 is 2.71 bits per heavy atom. The van der Waals surface area contributed by atoms with Crippen LogP contribution < -0.4 is 4.74 Å². The maximum Gasteiger partial charge on any atom is 0.128 e. The number of hydrogen-bond donors (Lipinski definition) is 0. The van der Waals surface area contributed by atoms with Crippen LogP contribution in [0.15, 0.2) is 18.2 Å². The van der Waals surface area contributed by atoms with Gasteiger partial charge in [0.25, 0.3) is 0 Å². The number of imidazole rings is 1. The van der Waals surface area contributed by atoms with Crippen LogP contribution in [0.4, 0.5) is 0 Å². The summed E-state index contributed by atoms with van der Waals surface area (Å²) in [5, 5.41) is -0.136. The molecule has 2 heterocycles. The van der Waals surface area contributed by atoms with Gasteiger partial charge in [-0.25, -0.2) is 4.98 Å². The number of methoxy groups -OCH3 is 1. The molecule has 0 saturated carbocycles. The number of alkyl halides is 1. The van der Waals surface area contributed by atoms with Gasteiger partial charge in [0.1, 0.15) is 11.6 Å². The smallest absolute Gasteiger partial charge is 0.128 e. The molecule has 1 unspecified atom stereocenters. The average molecular weight is 309 g/mol. The minimum Gasteiger partial charge on any atom is -0.497 e. The minimum atomic E-state index is -0.136. The SMILES string of the molecule is COc1ccc2c(c1)nc(C(C)Cl)n2C1(C)CCOCC1. The quantitative estimate of drug-likeness (QED) is 0.808. The van der Waals surface area contributed by atoms with E-state index >= 15 is 0 Å². The average Bonchev–Trinajstić information content (AvgIpc) is 2.87. The van der Waals surface area contributed by atoms with Crippen LogP contribution in [0.1, 0.15) is 37.9 Å². The molecule has 0 amide bonds. The van der Waals surface area contributed by atoms with Crippen molar-refractivity contribution >= 4 is 22.6 Å². The highest BCUT2D eigenvalue weighted by Gasteiger charge is 2.33. The second-order valence-corrected chi connectivity index (χ2v) is 6.54.